The second kappa shape index (κ2) is 9.87. The first-order valence-electron chi connectivity index (χ1n) is 7.16. The number of hydrogen-bond donors (Lipinski definition) is 0. The SMILES string of the molecule is CCN1CCN(C(=O)OCc2cc(C)nc(C)c2)CC1.Cl.Cl. The molecule has 0 atom stereocenters. The van der Waals surface area contributed by atoms with Crippen LogP contribution in [0.25, 0.3) is 0 Å². The van der Waals surface area contributed by atoms with Crippen molar-refractivity contribution in [3.63, 3.8) is 0 Å². The Bertz CT molecular complexity index is 458. The van der Waals surface area contributed by atoms with Crippen LogP contribution < -0.4 is 0 Å². The van der Waals surface area contributed by atoms with Crippen LogP contribution in [0, 0.1) is 13.8 Å². The van der Waals surface area contributed by atoms with E-state index >= 15 is 0 Å². The van der Waals surface area contributed by atoms with Gasteiger partial charge in [0.25, 0.3) is 0 Å². The van der Waals surface area contributed by atoms with Crippen molar-refractivity contribution in [1.82, 2.24) is 14.8 Å². The van der Waals surface area contributed by atoms with Gasteiger partial charge >= 0.3 is 6.09 Å². The monoisotopic (exact) mass is 349 g/mol. The standard InChI is InChI=1S/C15H23N3O2.2ClH/c1-4-17-5-7-18(8-6-17)15(19)20-11-14-9-12(2)16-13(3)10-14;;/h9-10H,4-8,11H2,1-3H3;2*1H. The Morgan fingerprint density at radius 3 is 2.18 bits per heavy atom. The average Bonchev–Trinajstić information content (AvgIpc) is 2.44. The molecule has 2 heterocycles. The van der Waals surface area contributed by atoms with Crippen LogP contribution in [0.15, 0.2) is 12.1 Å². The molecule has 22 heavy (non-hydrogen) atoms. The summed E-state index contributed by atoms with van der Waals surface area (Å²) < 4.78 is 5.39. The Kier molecular flexibility index (Phi) is 9.41. The number of aromatic nitrogens is 1. The third-order valence-corrected chi connectivity index (χ3v) is 3.58. The largest absolute Gasteiger partial charge is 0.445 e. The maximum atomic E-state index is 12.0. The summed E-state index contributed by atoms with van der Waals surface area (Å²) in [4.78, 5) is 20.4. The molecule has 5 nitrogen and oxygen atoms in total. The van der Waals surface area contributed by atoms with Crippen LogP contribution in [-0.2, 0) is 11.3 Å². The lowest BCUT2D eigenvalue weighted by Crippen LogP contribution is -2.48. The predicted octanol–water partition coefficient (Wildman–Crippen LogP) is 2.82. The van der Waals surface area contributed by atoms with Crippen molar-refractivity contribution < 1.29 is 9.53 Å². The van der Waals surface area contributed by atoms with E-state index < -0.39 is 0 Å². The summed E-state index contributed by atoms with van der Waals surface area (Å²) in [5.41, 5.74) is 2.90. The lowest BCUT2D eigenvalue weighted by Gasteiger charge is -2.33. The molecule has 1 aliphatic rings. The zero-order valence-electron chi connectivity index (χ0n) is 13.4. The quantitative estimate of drug-likeness (QED) is 0.841. The summed E-state index contributed by atoms with van der Waals surface area (Å²) in [5.74, 6) is 0. The number of amides is 1. The first-order valence-corrected chi connectivity index (χ1v) is 7.16. The summed E-state index contributed by atoms with van der Waals surface area (Å²) in [6.07, 6.45) is -0.215. The highest BCUT2D eigenvalue weighted by Gasteiger charge is 2.21. The van der Waals surface area contributed by atoms with Gasteiger partial charge in [-0.25, -0.2) is 4.79 Å². The second-order valence-corrected chi connectivity index (χ2v) is 5.23. The number of halogens is 2. The van der Waals surface area contributed by atoms with Crippen molar-refractivity contribution in [3.8, 4) is 0 Å². The lowest BCUT2D eigenvalue weighted by atomic mass is 10.2. The van der Waals surface area contributed by atoms with Gasteiger partial charge in [0.2, 0.25) is 0 Å². The molecule has 1 saturated heterocycles. The number of rotatable bonds is 3. The van der Waals surface area contributed by atoms with Gasteiger partial charge in [-0.2, -0.15) is 0 Å². The number of likely N-dealkylation sites (N-methyl/N-ethyl adjacent to an activating group) is 1. The van der Waals surface area contributed by atoms with Crippen LogP contribution in [0.4, 0.5) is 4.79 Å². The Morgan fingerprint density at radius 2 is 1.68 bits per heavy atom. The number of aryl methyl sites for hydroxylation is 2. The molecule has 0 spiro atoms. The van der Waals surface area contributed by atoms with Gasteiger partial charge in [0, 0.05) is 37.6 Å². The molecule has 0 unspecified atom stereocenters. The first kappa shape index (κ1) is 21.0. The molecule has 0 N–H and O–H groups in total. The molecule has 1 aromatic rings. The number of piperazine rings is 1. The Balaban J connectivity index is 0.00000220. The molecule has 1 fully saturated rings. The van der Waals surface area contributed by atoms with E-state index in [-0.39, 0.29) is 30.9 Å². The van der Waals surface area contributed by atoms with Crippen LogP contribution in [-0.4, -0.2) is 53.6 Å². The van der Waals surface area contributed by atoms with Gasteiger partial charge in [-0.15, -0.1) is 24.8 Å². The molecule has 0 radical (unpaired) electrons. The van der Waals surface area contributed by atoms with E-state index in [9.17, 15) is 4.79 Å². The van der Waals surface area contributed by atoms with Gasteiger partial charge in [-0.05, 0) is 38.1 Å². The van der Waals surface area contributed by atoms with Gasteiger partial charge in [0.05, 0.1) is 0 Å². The Morgan fingerprint density at radius 1 is 1.14 bits per heavy atom. The minimum absolute atomic E-state index is 0. The van der Waals surface area contributed by atoms with Crippen LogP contribution in [0.5, 0.6) is 0 Å². The fourth-order valence-electron chi connectivity index (χ4n) is 2.49. The van der Waals surface area contributed by atoms with Crippen molar-refractivity contribution in [2.75, 3.05) is 32.7 Å². The van der Waals surface area contributed by atoms with Gasteiger partial charge < -0.3 is 14.5 Å². The van der Waals surface area contributed by atoms with Crippen LogP contribution in [0.2, 0.25) is 0 Å². The highest BCUT2D eigenvalue weighted by molar-refractivity contribution is 5.85. The molecule has 1 amide bonds. The van der Waals surface area contributed by atoms with Gasteiger partial charge in [-0.3, -0.25) is 4.98 Å². The summed E-state index contributed by atoms with van der Waals surface area (Å²) in [5, 5.41) is 0. The third kappa shape index (κ3) is 5.99. The highest BCUT2D eigenvalue weighted by Crippen LogP contribution is 2.09. The zero-order valence-corrected chi connectivity index (χ0v) is 15.0. The number of hydrogen-bond acceptors (Lipinski definition) is 4. The Labute approximate surface area is 144 Å². The van der Waals surface area contributed by atoms with E-state index in [4.69, 9.17) is 4.74 Å². The number of ether oxygens (including phenoxy) is 1. The van der Waals surface area contributed by atoms with E-state index in [1.54, 1.807) is 4.90 Å². The number of pyridine rings is 1. The lowest BCUT2D eigenvalue weighted by molar-refractivity contribution is 0.0728. The van der Waals surface area contributed by atoms with Crippen molar-refractivity contribution >= 4 is 30.9 Å². The normalized spacial score (nSPS) is 14.8. The summed E-state index contributed by atoms with van der Waals surface area (Å²) >= 11 is 0. The highest BCUT2D eigenvalue weighted by atomic mass is 35.5. The van der Waals surface area contributed by atoms with Gasteiger partial charge in [0.1, 0.15) is 6.61 Å². The molecular formula is C15H25Cl2N3O2. The maximum Gasteiger partial charge on any atom is 0.410 e. The van der Waals surface area contributed by atoms with Crippen LogP contribution in [0.3, 0.4) is 0 Å². The second-order valence-electron chi connectivity index (χ2n) is 5.23. The summed E-state index contributed by atoms with van der Waals surface area (Å²) in [6, 6.07) is 3.91. The maximum absolute atomic E-state index is 12.0. The number of carbonyl (C=O) groups excluding carboxylic acids is 1. The van der Waals surface area contributed by atoms with Crippen molar-refractivity contribution in [3.05, 3.63) is 29.1 Å². The number of carbonyl (C=O) groups is 1. The van der Waals surface area contributed by atoms with E-state index in [0.717, 1.165) is 49.7 Å². The Hall–Kier alpha value is -1.04. The van der Waals surface area contributed by atoms with E-state index in [0.29, 0.717) is 6.61 Å². The molecule has 0 aromatic carbocycles. The fourth-order valence-corrected chi connectivity index (χ4v) is 2.49. The van der Waals surface area contributed by atoms with Gasteiger partial charge in [-0.1, -0.05) is 6.92 Å². The minimum Gasteiger partial charge on any atom is -0.445 e. The van der Waals surface area contributed by atoms with Crippen molar-refractivity contribution in [2.24, 2.45) is 0 Å². The zero-order chi connectivity index (χ0) is 14.5. The summed E-state index contributed by atoms with van der Waals surface area (Å²) in [6.45, 7) is 10.8. The molecule has 1 aliphatic heterocycles. The molecular weight excluding hydrogens is 325 g/mol. The first-order chi connectivity index (χ1) is 9.58. The predicted molar refractivity (Wildman–Crippen MR) is 92.1 cm³/mol. The molecule has 1 aromatic heterocycles. The van der Waals surface area contributed by atoms with E-state index in [2.05, 4.69) is 16.8 Å². The van der Waals surface area contributed by atoms with Gasteiger partial charge in [0.15, 0.2) is 0 Å². The topological polar surface area (TPSA) is 45.7 Å². The van der Waals surface area contributed by atoms with Crippen LogP contribution >= 0.6 is 24.8 Å². The smallest absolute Gasteiger partial charge is 0.410 e. The molecule has 7 heteroatoms. The minimum atomic E-state index is -0.215. The van der Waals surface area contributed by atoms with Crippen molar-refractivity contribution in [1.29, 1.82) is 0 Å². The van der Waals surface area contributed by atoms with Crippen LogP contribution in [0.1, 0.15) is 23.9 Å². The van der Waals surface area contributed by atoms with E-state index in [1.807, 2.05) is 26.0 Å². The van der Waals surface area contributed by atoms with E-state index in [1.165, 1.54) is 0 Å². The average molecular weight is 350 g/mol. The molecule has 0 bridgehead atoms. The third-order valence-electron chi connectivity index (χ3n) is 3.58. The molecule has 2 rings (SSSR count). The molecule has 126 valence electrons. The summed E-state index contributed by atoms with van der Waals surface area (Å²) in [7, 11) is 0. The van der Waals surface area contributed by atoms with Crippen molar-refractivity contribution in [2.45, 2.75) is 27.4 Å². The number of nitrogens with zero attached hydrogens (tertiary/aromatic N) is 3. The molecule has 0 aliphatic carbocycles. The molecule has 0 saturated carbocycles. The fraction of sp³-hybridized carbons (Fsp3) is 0.600.